The van der Waals surface area contributed by atoms with E-state index in [9.17, 15) is 4.79 Å². The van der Waals surface area contributed by atoms with Crippen LogP contribution in [0.15, 0.2) is 60.7 Å². The van der Waals surface area contributed by atoms with Gasteiger partial charge in [0.25, 0.3) is 0 Å². The third-order valence-corrected chi connectivity index (χ3v) is 4.32. The molecule has 1 aliphatic rings. The number of nitrogens with one attached hydrogen (secondary N) is 1. The first kappa shape index (κ1) is 20.1. The molecule has 2 aromatic carbocycles. The summed E-state index contributed by atoms with van der Waals surface area (Å²) in [4.78, 5) is 10.9. The number of hydrogen-bond acceptors (Lipinski definition) is 4. The van der Waals surface area contributed by atoms with Gasteiger partial charge in [-0.15, -0.1) is 11.8 Å². The Kier molecular flexibility index (Phi) is 10.4. The maximum Gasteiger partial charge on any atom is 0.232 e. The Labute approximate surface area is 148 Å². The van der Waals surface area contributed by atoms with Crippen LogP contribution in [-0.2, 0) is 4.79 Å². The van der Waals surface area contributed by atoms with Gasteiger partial charge in [-0.1, -0.05) is 36.4 Å². The van der Waals surface area contributed by atoms with Crippen LogP contribution in [-0.4, -0.2) is 30.5 Å². The second kappa shape index (κ2) is 12.4. The quantitative estimate of drug-likeness (QED) is 0.870. The first-order chi connectivity index (χ1) is 11.8. The van der Waals surface area contributed by atoms with Crippen molar-refractivity contribution in [3.05, 3.63) is 60.7 Å². The van der Waals surface area contributed by atoms with Crippen LogP contribution in [0.4, 0.5) is 0 Å². The van der Waals surface area contributed by atoms with Crippen LogP contribution < -0.4 is 15.8 Å². The lowest BCUT2D eigenvalue weighted by Crippen LogP contribution is -2.29. The zero-order valence-electron chi connectivity index (χ0n) is 14.3. The van der Waals surface area contributed by atoms with Crippen molar-refractivity contribution in [1.82, 2.24) is 5.32 Å². The number of nitrogens with two attached hydrogens (primary N) is 1. The van der Waals surface area contributed by atoms with E-state index in [1.165, 1.54) is 7.05 Å². The smallest absolute Gasteiger partial charge is 0.232 e. The molecule has 1 amide bonds. The summed E-state index contributed by atoms with van der Waals surface area (Å²) in [6.07, 6.45) is 1.11. The molecular formula is C19H26N2O2S. The molecule has 24 heavy (non-hydrogen) atoms. The van der Waals surface area contributed by atoms with Crippen molar-refractivity contribution in [2.45, 2.75) is 18.6 Å². The van der Waals surface area contributed by atoms with Crippen LogP contribution >= 0.6 is 11.8 Å². The van der Waals surface area contributed by atoms with E-state index < -0.39 is 0 Å². The van der Waals surface area contributed by atoms with Crippen LogP contribution in [0.1, 0.15) is 13.3 Å². The molecular weight excluding hydrogens is 320 g/mol. The minimum atomic E-state index is 0.160. The molecule has 0 aliphatic carbocycles. The van der Waals surface area contributed by atoms with Gasteiger partial charge in [0.2, 0.25) is 5.91 Å². The molecule has 0 saturated carbocycles. The number of hydrogen-bond donors (Lipinski definition) is 2. The highest BCUT2D eigenvalue weighted by atomic mass is 32.2. The van der Waals surface area contributed by atoms with Gasteiger partial charge in [-0.25, -0.2) is 0 Å². The van der Waals surface area contributed by atoms with Crippen molar-refractivity contribution in [2.24, 2.45) is 5.73 Å². The number of rotatable bonds is 2. The Balaban J connectivity index is 0.000000230. The zero-order chi connectivity index (χ0) is 17.6. The van der Waals surface area contributed by atoms with Gasteiger partial charge in [0.1, 0.15) is 11.5 Å². The first-order valence-corrected chi connectivity index (χ1v) is 9.05. The lowest BCUT2D eigenvalue weighted by atomic mass is 10.3. The number of benzene rings is 2. The van der Waals surface area contributed by atoms with E-state index in [4.69, 9.17) is 4.74 Å². The van der Waals surface area contributed by atoms with Crippen LogP contribution in [0.5, 0.6) is 11.5 Å². The summed E-state index contributed by atoms with van der Waals surface area (Å²) in [6.45, 7) is 2.81. The predicted octanol–water partition coefficient (Wildman–Crippen LogP) is 3.68. The van der Waals surface area contributed by atoms with Crippen molar-refractivity contribution in [3.8, 4) is 11.5 Å². The first-order valence-electron chi connectivity index (χ1n) is 8.01. The van der Waals surface area contributed by atoms with Gasteiger partial charge < -0.3 is 15.8 Å². The predicted molar refractivity (Wildman–Crippen MR) is 103 cm³/mol. The van der Waals surface area contributed by atoms with Crippen molar-refractivity contribution >= 4 is 17.7 Å². The Hall–Kier alpha value is -1.98. The maximum absolute atomic E-state index is 10.9. The number of para-hydroxylation sites is 2. The molecule has 1 aliphatic heterocycles. The molecule has 3 rings (SSSR count). The lowest BCUT2D eigenvalue weighted by Gasteiger charge is -2.03. The standard InChI is InChI=1S/C12H10O.C6H11NOS.CH5N/c1-3-7-11(8-4-1)13-12-9-5-2-6-10-12;1-5-6(8)7-3-2-4-9-5;1-2/h1-10H;5H,2-4H2,1H3,(H,7,8);2H2,1H3. The van der Waals surface area contributed by atoms with Crippen molar-refractivity contribution in [3.63, 3.8) is 0 Å². The molecule has 2 aromatic rings. The molecule has 1 heterocycles. The maximum atomic E-state index is 10.9. The zero-order valence-corrected chi connectivity index (χ0v) is 15.1. The van der Waals surface area contributed by atoms with E-state index >= 15 is 0 Å². The highest BCUT2D eigenvalue weighted by Crippen LogP contribution is 2.19. The molecule has 0 bridgehead atoms. The monoisotopic (exact) mass is 346 g/mol. The van der Waals surface area contributed by atoms with E-state index in [1.807, 2.05) is 67.6 Å². The van der Waals surface area contributed by atoms with Crippen LogP contribution in [0, 0.1) is 0 Å². The molecule has 130 valence electrons. The van der Waals surface area contributed by atoms with Gasteiger partial charge in [0, 0.05) is 6.54 Å². The molecule has 0 aromatic heterocycles. The number of carbonyl (C=O) groups is 1. The van der Waals surface area contributed by atoms with Gasteiger partial charge in [0.15, 0.2) is 0 Å². The Bertz CT molecular complexity index is 527. The second-order valence-electron chi connectivity index (χ2n) is 4.89. The third-order valence-electron chi connectivity index (χ3n) is 3.08. The normalized spacial score (nSPS) is 16.3. The summed E-state index contributed by atoms with van der Waals surface area (Å²) in [5.41, 5.74) is 4.50. The fourth-order valence-corrected chi connectivity index (χ4v) is 2.78. The van der Waals surface area contributed by atoms with Gasteiger partial charge >= 0.3 is 0 Å². The van der Waals surface area contributed by atoms with E-state index in [0.717, 1.165) is 30.2 Å². The number of amides is 1. The summed E-state index contributed by atoms with van der Waals surface area (Å²) in [7, 11) is 1.50. The fraction of sp³-hybridized carbons (Fsp3) is 0.316. The molecule has 3 N–H and O–H groups in total. The van der Waals surface area contributed by atoms with E-state index in [0.29, 0.717) is 0 Å². The number of thioether (sulfide) groups is 1. The van der Waals surface area contributed by atoms with E-state index in [1.54, 1.807) is 11.8 Å². The Morgan fingerprint density at radius 3 is 2.00 bits per heavy atom. The Morgan fingerprint density at radius 1 is 1.00 bits per heavy atom. The number of ether oxygens (including phenoxy) is 1. The molecule has 1 saturated heterocycles. The highest BCUT2D eigenvalue weighted by molar-refractivity contribution is 8.00. The van der Waals surface area contributed by atoms with Gasteiger partial charge in [-0.2, -0.15) is 0 Å². The van der Waals surface area contributed by atoms with E-state index in [-0.39, 0.29) is 11.2 Å². The fourth-order valence-electron chi connectivity index (χ4n) is 1.88. The topological polar surface area (TPSA) is 64.4 Å². The van der Waals surface area contributed by atoms with Crippen molar-refractivity contribution < 1.29 is 9.53 Å². The van der Waals surface area contributed by atoms with Crippen molar-refractivity contribution in [2.75, 3.05) is 19.3 Å². The van der Waals surface area contributed by atoms with Gasteiger partial charge in [0.05, 0.1) is 5.25 Å². The molecule has 1 fully saturated rings. The van der Waals surface area contributed by atoms with Crippen LogP contribution in [0.25, 0.3) is 0 Å². The Morgan fingerprint density at radius 2 is 1.50 bits per heavy atom. The molecule has 1 atom stereocenters. The molecule has 0 radical (unpaired) electrons. The van der Waals surface area contributed by atoms with Crippen molar-refractivity contribution in [1.29, 1.82) is 0 Å². The SMILES string of the molecule is CC1SCCCNC1=O.CN.c1ccc(Oc2ccccc2)cc1. The molecule has 4 nitrogen and oxygen atoms in total. The molecule has 1 unspecified atom stereocenters. The van der Waals surface area contributed by atoms with Crippen LogP contribution in [0.2, 0.25) is 0 Å². The largest absolute Gasteiger partial charge is 0.457 e. The lowest BCUT2D eigenvalue weighted by molar-refractivity contribution is -0.120. The average Bonchev–Trinajstić information content (AvgIpc) is 2.83. The summed E-state index contributed by atoms with van der Waals surface area (Å²) < 4.78 is 5.58. The van der Waals surface area contributed by atoms with Crippen LogP contribution in [0.3, 0.4) is 0 Å². The average molecular weight is 346 g/mol. The van der Waals surface area contributed by atoms with E-state index in [2.05, 4.69) is 11.1 Å². The van der Waals surface area contributed by atoms with Gasteiger partial charge in [-0.3, -0.25) is 4.79 Å². The van der Waals surface area contributed by atoms with Gasteiger partial charge in [-0.05, 0) is 50.4 Å². The highest BCUT2D eigenvalue weighted by Gasteiger charge is 2.14. The minimum absolute atomic E-state index is 0.160. The molecule has 5 heteroatoms. The third kappa shape index (κ3) is 8.04. The summed E-state index contributed by atoms with van der Waals surface area (Å²) >= 11 is 1.73. The number of carbonyl (C=O) groups excluding carboxylic acids is 1. The minimum Gasteiger partial charge on any atom is -0.457 e. The second-order valence-corrected chi connectivity index (χ2v) is 6.33. The summed E-state index contributed by atoms with van der Waals surface area (Å²) in [5, 5.41) is 2.99. The summed E-state index contributed by atoms with van der Waals surface area (Å²) in [6, 6.07) is 19.5. The molecule has 0 spiro atoms. The summed E-state index contributed by atoms with van der Waals surface area (Å²) in [5.74, 6) is 3.04.